The van der Waals surface area contributed by atoms with Gasteiger partial charge in [0.15, 0.2) is 0 Å². The van der Waals surface area contributed by atoms with Crippen LogP contribution in [0, 0.1) is 11.3 Å². The van der Waals surface area contributed by atoms with Gasteiger partial charge in [-0.3, -0.25) is 4.79 Å². The van der Waals surface area contributed by atoms with Crippen molar-refractivity contribution in [2.45, 2.75) is 32.1 Å². The lowest BCUT2D eigenvalue weighted by atomic mass is 9.73. The first-order chi connectivity index (χ1) is 4.76. The molecule has 2 aliphatic carbocycles. The van der Waals surface area contributed by atoms with E-state index >= 15 is 0 Å². The predicted octanol–water partition coefficient (Wildman–Crippen LogP) is 1.65. The summed E-state index contributed by atoms with van der Waals surface area (Å²) < 4.78 is 0. The molecule has 0 saturated heterocycles. The van der Waals surface area contributed by atoms with E-state index in [0.717, 1.165) is 25.7 Å². The first kappa shape index (κ1) is 6.20. The van der Waals surface area contributed by atoms with E-state index in [9.17, 15) is 4.79 Å². The van der Waals surface area contributed by atoms with Gasteiger partial charge in [-0.05, 0) is 31.6 Å². The van der Waals surface area contributed by atoms with E-state index in [1.165, 1.54) is 6.42 Å². The van der Waals surface area contributed by atoms with E-state index in [2.05, 4.69) is 0 Å². The summed E-state index contributed by atoms with van der Waals surface area (Å²) in [6.45, 7) is 0. The van der Waals surface area contributed by atoms with E-state index in [0.29, 0.717) is 5.92 Å². The molecule has 0 unspecified atom stereocenters. The Morgan fingerprint density at radius 1 is 1.40 bits per heavy atom. The molecule has 2 aliphatic rings. The highest BCUT2D eigenvalue weighted by molar-refractivity contribution is 5.78. The molecule has 10 heavy (non-hydrogen) atoms. The lowest BCUT2D eigenvalue weighted by Gasteiger charge is -2.31. The van der Waals surface area contributed by atoms with Crippen LogP contribution in [-0.4, -0.2) is 11.1 Å². The molecule has 2 heteroatoms. The molecular formula is C8H12O2. The van der Waals surface area contributed by atoms with E-state index in [1.807, 2.05) is 0 Å². The second-order valence-corrected chi connectivity index (χ2v) is 3.59. The summed E-state index contributed by atoms with van der Waals surface area (Å²) in [5, 5.41) is 8.84. The van der Waals surface area contributed by atoms with Gasteiger partial charge in [-0.15, -0.1) is 0 Å². The second-order valence-electron chi connectivity index (χ2n) is 3.59. The van der Waals surface area contributed by atoms with Crippen molar-refractivity contribution in [1.82, 2.24) is 0 Å². The van der Waals surface area contributed by atoms with Crippen molar-refractivity contribution in [2.75, 3.05) is 0 Å². The number of carboxylic acid groups (broad SMARTS) is 1. The first-order valence-corrected chi connectivity index (χ1v) is 3.99. The summed E-state index contributed by atoms with van der Waals surface area (Å²) in [5.41, 5.74) is -0.238. The molecule has 0 bridgehead atoms. The monoisotopic (exact) mass is 140 g/mol. The fraction of sp³-hybridized carbons (Fsp3) is 0.875. The minimum atomic E-state index is -0.544. The average molecular weight is 140 g/mol. The molecule has 2 saturated carbocycles. The number of aliphatic carboxylic acids is 1. The molecule has 0 spiro atoms. The maximum atomic E-state index is 10.7. The fourth-order valence-electron chi connectivity index (χ4n) is 1.89. The highest BCUT2D eigenvalue weighted by Crippen LogP contribution is 2.58. The molecule has 1 N–H and O–H groups in total. The van der Waals surface area contributed by atoms with Gasteiger partial charge in [-0.25, -0.2) is 0 Å². The Kier molecular flexibility index (Phi) is 1.08. The lowest BCUT2D eigenvalue weighted by molar-refractivity contribution is -0.147. The third-order valence-corrected chi connectivity index (χ3v) is 3.10. The van der Waals surface area contributed by atoms with Crippen LogP contribution in [0.5, 0.6) is 0 Å². The highest BCUT2D eigenvalue weighted by Gasteiger charge is 2.57. The van der Waals surface area contributed by atoms with Gasteiger partial charge in [0.1, 0.15) is 0 Å². The number of carbonyl (C=O) groups is 1. The molecule has 56 valence electrons. The minimum Gasteiger partial charge on any atom is -0.481 e. The zero-order chi connectivity index (χ0) is 7.19. The van der Waals surface area contributed by atoms with Gasteiger partial charge >= 0.3 is 5.97 Å². The van der Waals surface area contributed by atoms with Crippen molar-refractivity contribution in [3.05, 3.63) is 0 Å². The van der Waals surface area contributed by atoms with Crippen LogP contribution in [0.15, 0.2) is 0 Å². The minimum absolute atomic E-state index is 0.238. The van der Waals surface area contributed by atoms with Crippen molar-refractivity contribution >= 4 is 5.97 Å². The maximum Gasteiger partial charge on any atom is 0.309 e. The molecule has 0 heterocycles. The summed E-state index contributed by atoms with van der Waals surface area (Å²) in [7, 11) is 0. The smallest absolute Gasteiger partial charge is 0.309 e. The van der Waals surface area contributed by atoms with Crippen LogP contribution < -0.4 is 0 Å². The number of hydrogen-bond acceptors (Lipinski definition) is 1. The van der Waals surface area contributed by atoms with E-state index in [4.69, 9.17) is 5.11 Å². The van der Waals surface area contributed by atoms with E-state index in [1.54, 1.807) is 0 Å². The largest absolute Gasteiger partial charge is 0.481 e. The van der Waals surface area contributed by atoms with Crippen molar-refractivity contribution in [3.63, 3.8) is 0 Å². The standard InChI is InChI=1S/C8H12O2/c9-7(10)8(4-5-8)6-2-1-3-6/h6H,1-5H2,(H,9,10). The second kappa shape index (κ2) is 1.74. The molecule has 0 aliphatic heterocycles. The molecular weight excluding hydrogens is 128 g/mol. The maximum absolute atomic E-state index is 10.7. The Balaban J connectivity index is 2.06. The highest BCUT2D eigenvalue weighted by atomic mass is 16.4. The van der Waals surface area contributed by atoms with Gasteiger partial charge in [0.2, 0.25) is 0 Å². The molecule has 0 aromatic carbocycles. The van der Waals surface area contributed by atoms with Crippen molar-refractivity contribution in [1.29, 1.82) is 0 Å². The third-order valence-electron chi connectivity index (χ3n) is 3.10. The van der Waals surface area contributed by atoms with Gasteiger partial charge in [0, 0.05) is 0 Å². The molecule has 0 atom stereocenters. The quantitative estimate of drug-likeness (QED) is 0.633. The Hall–Kier alpha value is -0.530. The molecule has 2 fully saturated rings. The Labute approximate surface area is 60.2 Å². The van der Waals surface area contributed by atoms with Crippen LogP contribution in [0.4, 0.5) is 0 Å². The zero-order valence-electron chi connectivity index (χ0n) is 5.97. The molecule has 0 aromatic rings. The number of hydrogen-bond donors (Lipinski definition) is 1. The SMILES string of the molecule is O=C(O)C1(C2CCC2)CC1. The van der Waals surface area contributed by atoms with Crippen molar-refractivity contribution < 1.29 is 9.90 Å². The zero-order valence-corrected chi connectivity index (χ0v) is 5.97. The van der Waals surface area contributed by atoms with Crippen LogP contribution in [-0.2, 0) is 4.79 Å². The summed E-state index contributed by atoms with van der Waals surface area (Å²) in [6.07, 6.45) is 5.44. The summed E-state index contributed by atoms with van der Waals surface area (Å²) in [5.74, 6) is -0.0119. The van der Waals surface area contributed by atoms with Crippen molar-refractivity contribution in [3.8, 4) is 0 Å². The van der Waals surface area contributed by atoms with Gasteiger partial charge in [-0.2, -0.15) is 0 Å². The van der Waals surface area contributed by atoms with Gasteiger partial charge in [0.05, 0.1) is 5.41 Å². The Bertz CT molecular complexity index is 166. The molecule has 2 nitrogen and oxygen atoms in total. The first-order valence-electron chi connectivity index (χ1n) is 3.99. The van der Waals surface area contributed by atoms with Crippen LogP contribution in [0.2, 0.25) is 0 Å². The summed E-state index contributed by atoms with van der Waals surface area (Å²) >= 11 is 0. The fourth-order valence-corrected chi connectivity index (χ4v) is 1.89. The lowest BCUT2D eigenvalue weighted by Crippen LogP contribution is -2.30. The Morgan fingerprint density at radius 2 is 2.00 bits per heavy atom. The molecule has 0 aromatic heterocycles. The average Bonchev–Trinajstić information content (AvgIpc) is 2.41. The molecule has 0 radical (unpaired) electrons. The van der Waals surface area contributed by atoms with Crippen LogP contribution in [0.3, 0.4) is 0 Å². The topological polar surface area (TPSA) is 37.3 Å². The van der Waals surface area contributed by atoms with Crippen LogP contribution in [0.1, 0.15) is 32.1 Å². The number of carboxylic acids is 1. The van der Waals surface area contributed by atoms with Crippen LogP contribution >= 0.6 is 0 Å². The van der Waals surface area contributed by atoms with E-state index in [-0.39, 0.29) is 5.41 Å². The van der Waals surface area contributed by atoms with Gasteiger partial charge < -0.3 is 5.11 Å². The Morgan fingerprint density at radius 3 is 2.10 bits per heavy atom. The summed E-state index contributed by atoms with van der Waals surface area (Å²) in [4.78, 5) is 10.7. The third kappa shape index (κ3) is 0.619. The van der Waals surface area contributed by atoms with Gasteiger partial charge in [0.25, 0.3) is 0 Å². The van der Waals surface area contributed by atoms with E-state index < -0.39 is 5.97 Å². The molecule has 0 amide bonds. The molecule has 2 rings (SSSR count). The normalized spacial score (nSPS) is 29.2. The summed E-state index contributed by atoms with van der Waals surface area (Å²) in [6, 6.07) is 0. The van der Waals surface area contributed by atoms with Crippen molar-refractivity contribution in [2.24, 2.45) is 11.3 Å². The number of rotatable bonds is 2. The van der Waals surface area contributed by atoms with Crippen LogP contribution in [0.25, 0.3) is 0 Å². The predicted molar refractivity (Wildman–Crippen MR) is 36.6 cm³/mol. The van der Waals surface area contributed by atoms with Gasteiger partial charge in [-0.1, -0.05) is 6.42 Å².